The highest BCUT2D eigenvalue weighted by atomic mass is 35.5. The third-order valence-corrected chi connectivity index (χ3v) is 6.69. The first-order valence-corrected chi connectivity index (χ1v) is 11.6. The van der Waals surface area contributed by atoms with E-state index < -0.39 is 5.97 Å². The number of anilines is 2. The SMILES string of the molecule is COc1cc(N2CC[C@@H](Oc3cnc(N4C[C@H](C)C[C@H]4CC(=O)O)cn3)[C@H](C)C2)c(Cl)cn1. The lowest BCUT2D eigenvalue weighted by Crippen LogP contribution is -2.44. The third-order valence-electron chi connectivity index (χ3n) is 6.40. The van der Waals surface area contributed by atoms with Crippen LogP contribution in [0.4, 0.5) is 11.5 Å². The zero-order chi connectivity index (χ0) is 23.5. The number of aromatic nitrogens is 3. The normalized spacial score (nSPS) is 25.2. The molecule has 2 fully saturated rings. The summed E-state index contributed by atoms with van der Waals surface area (Å²) >= 11 is 6.37. The van der Waals surface area contributed by atoms with E-state index in [2.05, 4.69) is 33.7 Å². The Morgan fingerprint density at radius 1 is 1.18 bits per heavy atom. The van der Waals surface area contributed by atoms with Gasteiger partial charge in [0.1, 0.15) is 11.9 Å². The van der Waals surface area contributed by atoms with Crippen LogP contribution in [0.1, 0.15) is 33.1 Å². The molecule has 0 unspecified atom stereocenters. The quantitative estimate of drug-likeness (QED) is 0.644. The molecule has 0 aliphatic carbocycles. The molecule has 0 bridgehead atoms. The molecule has 0 aromatic carbocycles. The first kappa shape index (κ1) is 23.4. The van der Waals surface area contributed by atoms with Crippen molar-refractivity contribution >= 4 is 29.1 Å². The number of piperidine rings is 1. The van der Waals surface area contributed by atoms with Crippen LogP contribution in [-0.4, -0.2) is 64.9 Å². The van der Waals surface area contributed by atoms with E-state index >= 15 is 0 Å². The molecule has 2 aromatic rings. The molecule has 0 amide bonds. The number of halogens is 1. The van der Waals surface area contributed by atoms with Crippen molar-refractivity contribution in [2.24, 2.45) is 11.8 Å². The van der Waals surface area contributed by atoms with Gasteiger partial charge in [-0.25, -0.2) is 15.0 Å². The Kier molecular flexibility index (Phi) is 7.07. The number of rotatable bonds is 7. The van der Waals surface area contributed by atoms with Crippen LogP contribution in [0.25, 0.3) is 0 Å². The maximum Gasteiger partial charge on any atom is 0.305 e. The van der Waals surface area contributed by atoms with Crippen molar-refractivity contribution in [1.29, 1.82) is 0 Å². The summed E-state index contributed by atoms with van der Waals surface area (Å²) in [4.78, 5) is 28.6. The van der Waals surface area contributed by atoms with Gasteiger partial charge in [0.15, 0.2) is 0 Å². The zero-order valence-electron chi connectivity index (χ0n) is 19.1. The standard InChI is InChI=1S/C23H30ClN5O4/c1-14-6-16(7-23(30)31)29(12-14)20-10-27-22(11-25-20)33-19-4-5-28(13-15(19)2)18-8-21(32-3)26-9-17(18)24/h8-11,14-16,19H,4-7,12-13H2,1-3H3,(H,30,31)/t14-,15-,16+,19-/m1/s1. The van der Waals surface area contributed by atoms with Crippen LogP contribution in [0.15, 0.2) is 24.7 Å². The molecule has 4 heterocycles. The van der Waals surface area contributed by atoms with Crippen molar-refractivity contribution in [3.05, 3.63) is 29.7 Å². The fourth-order valence-corrected chi connectivity index (χ4v) is 5.00. The largest absolute Gasteiger partial charge is 0.481 e. The fourth-order valence-electron chi connectivity index (χ4n) is 4.78. The van der Waals surface area contributed by atoms with Gasteiger partial charge >= 0.3 is 5.97 Å². The summed E-state index contributed by atoms with van der Waals surface area (Å²) in [6, 6.07) is 1.80. The monoisotopic (exact) mass is 475 g/mol. The number of hydrogen-bond donors (Lipinski definition) is 1. The summed E-state index contributed by atoms with van der Waals surface area (Å²) in [6.45, 7) is 6.63. The summed E-state index contributed by atoms with van der Waals surface area (Å²) < 4.78 is 11.4. The molecule has 2 aliphatic heterocycles. The van der Waals surface area contributed by atoms with E-state index in [1.54, 1.807) is 25.7 Å². The van der Waals surface area contributed by atoms with Crippen LogP contribution in [0.5, 0.6) is 11.8 Å². The van der Waals surface area contributed by atoms with Gasteiger partial charge in [0.2, 0.25) is 11.8 Å². The summed E-state index contributed by atoms with van der Waals surface area (Å²) in [6.07, 6.45) is 6.71. The first-order valence-electron chi connectivity index (χ1n) is 11.3. The predicted octanol–water partition coefficient (Wildman–Crippen LogP) is 3.52. The third kappa shape index (κ3) is 5.40. The maximum absolute atomic E-state index is 11.2. The number of hydrogen-bond acceptors (Lipinski definition) is 8. The Morgan fingerprint density at radius 2 is 1.97 bits per heavy atom. The minimum absolute atomic E-state index is 0.00970. The van der Waals surface area contributed by atoms with Crippen molar-refractivity contribution < 1.29 is 19.4 Å². The average molecular weight is 476 g/mol. The Morgan fingerprint density at radius 3 is 2.64 bits per heavy atom. The van der Waals surface area contributed by atoms with Crippen molar-refractivity contribution in [3.8, 4) is 11.8 Å². The molecule has 0 spiro atoms. The number of ether oxygens (including phenoxy) is 2. The summed E-state index contributed by atoms with van der Waals surface area (Å²) in [5.74, 6) is 1.59. The van der Waals surface area contributed by atoms with Crippen LogP contribution in [-0.2, 0) is 4.79 Å². The second-order valence-electron chi connectivity index (χ2n) is 9.00. The fraction of sp³-hybridized carbons (Fsp3) is 0.565. The van der Waals surface area contributed by atoms with Gasteiger partial charge in [-0.1, -0.05) is 25.4 Å². The molecule has 9 nitrogen and oxygen atoms in total. The average Bonchev–Trinajstić information content (AvgIpc) is 3.15. The molecule has 2 aromatic heterocycles. The highest BCUT2D eigenvalue weighted by Crippen LogP contribution is 2.33. The zero-order valence-corrected chi connectivity index (χ0v) is 19.9. The minimum Gasteiger partial charge on any atom is -0.481 e. The number of nitrogens with zero attached hydrogens (tertiary/aromatic N) is 5. The lowest BCUT2D eigenvalue weighted by molar-refractivity contribution is -0.137. The van der Waals surface area contributed by atoms with E-state index in [4.69, 9.17) is 21.1 Å². The van der Waals surface area contributed by atoms with E-state index in [1.807, 2.05) is 11.0 Å². The molecular weight excluding hydrogens is 446 g/mol. The van der Waals surface area contributed by atoms with Crippen LogP contribution >= 0.6 is 11.6 Å². The number of carboxylic acids is 1. The Labute approximate surface area is 198 Å². The smallest absolute Gasteiger partial charge is 0.305 e. The molecular formula is C23H30ClN5O4. The van der Waals surface area contributed by atoms with Gasteiger partial charge in [-0.15, -0.1) is 0 Å². The molecule has 33 heavy (non-hydrogen) atoms. The summed E-state index contributed by atoms with van der Waals surface area (Å²) in [7, 11) is 1.59. The molecule has 1 N–H and O–H groups in total. The van der Waals surface area contributed by atoms with Gasteiger partial charge in [-0.2, -0.15) is 0 Å². The Bertz CT molecular complexity index is 976. The molecule has 4 rings (SSSR count). The van der Waals surface area contributed by atoms with E-state index in [0.29, 0.717) is 28.5 Å². The lowest BCUT2D eigenvalue weighted by Gasteiger charge is -2.38. The number of methoxy groups -OCH3 is 1. The van der Waals surface area contributed by atoms with Crippen molar-refractivity contribution in [3.63, 3.8) is 0 Å². The van der Waals surface area contributed by atoms with E-state index in [9.17, 15) is 9.90 Å². The second-order valence-corrected chi connectivity index (χ2v) is 9.41. The van der Waals surface area contributed by atoms with Crippen molar-refractivity contribution in [1.82, 2.24) is 15.0 Å². The number of aliphatic carboxylic acids is 1. The summed E-state index contributed by atoms with van der Waals surface area (Å²) in [5, 5.41) is 9.80. The molecule has 2 aliphatic rings. The van der Waals surface area contributed by atoms with Crippen molar-refractivity contribution in [2.75, 3.05) is 36.5 Å². The molecule has 0 saturated carbocycles. The van der Waals surface area contributed by atoms with Crippen LogP contribution in [0, 0.1) is 11.8 Å². The van der Waals surface area contributed by atoms with Crippen LogP contribution in [0.3, 0.4) is 0 Å². The van der Waals surface area contributed by atoms with E-state index in [-0.39, 0.29) is 24.5 Å². The topological polar surface area (TPSA) is 101 Å². The molecule has 4 atom stereocenters. The number of carboxylic acid groups (broad SMARTS) is 1. The van der Waals surface area contributed by atoms with E-state index in [1.165, 1.54) is 0 Å². The van der Waals surface area contributed by atoms with E-state index in [0.717, 1.165) is 38.2 Å². The Hall–Kier alpha value is -2.81. The van der Waals surface area contributed by atoms with Crippen molar-refractivity contribution in [2.45, 2.75) is 45.3 Å². The highest BCUT2D eigenvalue weighted by Gasteiger charge is 2.33. The first-order chi connectivity index (χ1) is 15.8. The van der Waals surface area contributed by atoms with Gasteiger partial charge in [-0.3, -0.25) is 4.79 Å². The molecule has 2 saturated heterocycles. The molecule has 178 valence electrons. The highest BCUT2D eigenvalue weighted by molar-refractivity contribution is 6.33. The minimum atomic E-state index is -0.793. The summed E-state index contributed by atoms with van der Waals surface area (Å²) in [5.41, 5.74) is 0.911. The van der Waals surface area contributed by atoms with Gasteiger partial charge in [-0.05, 0) is 12.3 Å². The maximum atomic E-state index is 11.2. The van der Waals surface area contributed by atoms with Gasteiger partial charge < -0.3 is 24.4 Å². The van der Waals surface area contributed by atoms with Crippen LogP contribution in [0.2, 0.25) is 5.02 Å². The van der Waals surface area contributed by atoms with Gasteiger partial charge in [0.05, 0.1) is 42.8 Å². The van der Waals surface area contributed by atoms with Gasteiger partial charge in [0.25, 0.3) is 0 Å². The van der Waals surface area contributed by atoms with Crippen LogP contribution < -0.4 is 19.3 Å². The lowest BCUT2D eigenvalue weighted by atomic mass is 9.96. The Balaban J connectivity index is 1.38. The molecule has 0 radical (unpaired) electrons. The van der Waals surface area contributed by atoms with Gasteiger partial charge in [0, 0.05) is 44.1 Å². The molecule has 10 heteroatoms. The number of carbonyl (C=O) groups is 1. The predicted molar refractivity (Wildman–Crippen MR) is 125 cm³/mol. The second kappa shape index (κ2) is 9.99. The number of pyridine rings is 1.